The lowest BCUT2D eigenvalue weighted by atomic mass is 10.1. The lowest BCUT2D eigenvalue weighted by molar-refractivity contribution is -0.124. The first-order chi connectivity index (χ1) is 11.3. The number of benzene rings is 1. The Kier molecular flexibility index (Phi) is 7.84. The van der Waals surface area contributed by atoms with E-state index in [0.29, 0.717) is 5.69 Å². The number of carbonyl (C=O) groups is 3. The van der Waals surface area contributed by atoms with E-state index in [-0.39, 0.29) is 36.2 Å². The van der Waals surface area contributed by atoms with Crippen molar-refractivity contribution >= 4 is 40.7 Å². The van der Waals surface area contributed by atoms with Gasteiger partial charge in [-0.05, 0) is 49.3 Å². The minimum absolute atomic E-state index is 0.00594. The molecule has 130 valence electrons. The second kappa shape index (κ2) is 9.61. The van der Waals surface area contributed by atoms with E-state index in [1.807, 2.05) is 32.0 Å². The molecule has 8 heteroatoms. The van der Waals surface area contributed by atoms with Crippen LogP contribution in [-0.4, -0.2) is 22.8 Å². The van der Waals surface area contributed by atoms with Crippen LogP contribution < -0.4 is 21.5 Å². The van der Waals surface area contributed by atoms with Crippen LogP contribution in [0.4, 0.5) is 5.69 Å². The minimum atomic E-state index is -0.404. The molecule has 0 atom stereocenters. The van der Waals surface area contributed by atoms with E-state index in [4.69, 9.17) is 12.2 Å². The maximum atomic E-state index is 11.8. The normalized spacial score (nSPS) is 9.79. The maximum Gasteiger partial charge on any atom is 0.238 e. The van der Waals surface area contributed by atoms with Gasteiger partial charge >= 0.3 is 0 Å². The number of hydrogen-bond acceptors (Lipinski definition) is 4. The van der Waals surface area contributed by atoms with Crippen LogP contribution in [0.25, 0.3) is 0 Å². The molecule has 0 aliphatic heterocycles. The van der Waals surface area contributed by atoms with Gasteiger partial charge in [0.2, 0.25) is 17.7 Å². The molecule has 3 amide bonds. The van der Waals surface area contributed by atoms with Crippen LogP contribution in [0.15, 0.2) is 18.2 Å². The summed E-state index contributed by atoms with van der Waals surface area (Å²) in [5.74, 6) is -0.914. The van der Waals surface area contributed by atoms with E-state index < -0.39 is 5.91 Å². The summed E-state index contributed by atoms with van der Waals surface area (Å²) in [4.78, 5) is 34.6. The van der Waals surface area contributed by atoms with Crippen molar-refractivity contribution in [2.45, 2.75) is 40.0 Å². The van der Waals surface area contributed by atoms with Gasteiger partial charge in [0.25, 0.3) is 0 Å². The number of thiocarbonyl (C=S) groups is 1. The van der Waals surface area contributed by atoms with Gasteiger partial charge in [-0.1, -0.05) is 13.0 Å². The molecule has 0 saturated heterocycles. The first-order valence-corrected chi connectivity index (χ1v) is 7.98. The molecule has 1 aromatic rings. The van der Waals surface area contributed by atoms with Gasteiger partial charge in [0, 0.05) is 24.9 Å². The van der Waals surface area contributed by atoms with Crippen molar-refractivity contribution in [1.29, 1.82) is 0 Å². The molecule has 0 aliphatic rings. The summed E-state index contributed by atoms with van der Waals surface area (Å²) in [6, 6.07) is 5.62. The van der Waals surface area contributed by atoms with E-state index in [2.05, 4.69) is 21.5 Å². The van der Waals surface area contributed by atoms with Gasteiger partial charge in [0.15, 0.2) is 5.11 Å². The van der Waals surface area contributed by atoms with Gasteiger partial charge < -0.3 is 10.6 Å². The molecule has 1 aromatic carbocycles. The Morgan fingerprint density at radius 3 is 2.25 bits per heavy atom. The Labute approximate surface area is 146 Å². The van der Waals surface area contributed by atoms with E-state index in [9.17, 15) is 14.4 Å². The first kappa shape index (κ1) is 19.6. The second-order valence-corrected chi connectivity index (χ2v) is 5.66. The quantitative estimate of drug-likeness (QED) is 0.476. The van der Waals surface area contributed by atoms with Crippen molar-refractivity contribution in [1.82, 2.24) is 16.2 Å². The Balaban J connectivity index is 2.30. The van der Waals surface area contributed by atoms with Crippen LogP contribution in [0.3, 0.4) is 0 Å². The largest absolute Gasteiger partial charge is 0.326 e. The highest BCUT2D eigenvalue weighted by Gasteiger charge is 2.08. The van der Waals surface area contributed by atoms with E-state index in [1.165, 1.54) is 0 Å². The van der Waals surface area contributed by atoms with Crippen LogP contribution in [0.1, 0.15) is 37.3 Å². The Morgan fingerprint density at radius 2 is 1.62 bits per heavy atom. The highest BCUT2D eigenvalue weighted by Crippen LogP contribution is 2.14. The molecular formula is C16H22N4O3S. The average molecular weight is 350 g/mol. The minimum Gasteiger partial charge on any atom is -0.326 e. The zero-order valence-corrected chi connectivity index (χ0v) is 14.8. The number of aryl methyl sites for hydroxylation is 2. The predicted molar refractivity (Wildman–Crippen MR) is 96.1 cm³/mol. The van der Waals surface area contributed by atoms with Crippen LogP contribution >= 0.6 is 12.2 Å². The van der Waals surface area contributed by atoms with Crippen LogP contribution in [0.5, 0.6) is 0 Å². The molecule has 0 heterocycles. The zero-order valence-electron chi connectivity index (χ0n) is 14.0. The highest BCUT2D eigenvalue weighted by molar-refractivity contribution is 7.80. The third-order valence-corrected chi connectivity index (χ3v) is 3.46. The van der Waals surface area contributed by atoms with Crippen LogP contribution in [0.2, 0.25) is 0 Å². The number of hydrazine groups is 1. The lowest BCUT2D eigenvalue weighted by Crippen LogP contribution is -2.48. The summed E-state index contributed by atoms with van der Waals surface area (Å²) < 4.78 is 0. The standard InChI is InChI=1S/C16H22N4O3S/c1-4-13(21)18-16(24)20-19-15(23)8-7-14(22)17-12-6-5-10(2)11(3)9-12/h5-6,9H,4,7-8H2,1-3H3,(H,17,22)(H,19,23)(H2,18,20,21,24). The molecular weight excluding hydrogens is 328 g/mol. The fraction of sp³-hybridized carbons (Fsp3) is 0.375. The lowest BCUT2D eigenvalue weighted by Gasteiger charge is -2.10. The summed E-state index contributed by atoms with van der Waals surface area (Å²) in [6.45, 7) is 5.64. The molecule has 0 fully saturated rings. The Morgan fingerprint density at radius 1 is 0.958 bits per heavy atom. The van der Waals surface area contributed by atoms with Gasteiger partial charge in [-0.15, -0.1) is 0 Å². The zero-order chi connectivity index (χ0) is 18.1. The van der Waals surface area contributed by atoms with Crippen LogP contribution in [-0.2, 0) is 14.4 Å². The number of carbonyl (C=O) groups excluding carboxylic acids is 3. The van der Waals surface area contributed by atoms with Gasteiger partial charge in [-0.3, -0.25) is 25.2 Å². The van der Waals surface area contributed by atoms with Crippen molar-refractivity contribution in [3.63, 3.8) is 0 Å². The highest BCUT2D eigenvalue weighted by atomic mass is 32.1. The SMILES string of the molecule is CCC(=O)NC(=S)NNC(=O)CCC(=O)Nc1ccc(C)c(C)c1. The predicted octanol–water partition coefficient (Wildman–Crippen LogP) is 1.45. The fourth-order valence-electron chi connectivity index (χ4n) is 1.70. The van der Waals surface area contributed by atoms with Crippen molar-refractivity contribution in [2.75, 3.05) is 5.32 Å². The summed E-state index contributed by atoms with van der Waals surface area (Å²) in [5.41, 5.74) is 7.65. The van der Waals surface area contributed by atoms with Crippen molar-refractivity contribution in [3.8, 4) is 0 Å². The van der Waals surface area contributed by atoms with E-state index in [1.54, 1.807) is 6.92 Å². The molecule has 0 spiro atoms. The van der Waals surface area contributed by atoms with Gasteiger partial charge in [-0.25, -0.2) is 0 Å². The number of anilines is 1. The summed E-state index contributed by atoms with van der Waals surface area (Å²) in [5, 5.41) is 5.13. The van der Waals surface area contributed by atoms with Crippen LogP contribution in [0, 0.1) is 13.8 Å². The Hall–Kier alpha value is -2.48. The van der Waals surface area contributed by atoms with Crippen molar-refractivity contribution in [2.24, 2.45) is 0 Å². The third kappa shape index (κ3) is 7.19. The molecule has 0 aromatic heterocycles. The molecule has 0 saturated carbocycles. The number of amides is 3. The summed E-state index contributed by atoms with van der Waals surface area (Å²) in [6.07, 6.45) is 0.316. The third-order valence-electron chi connectivity index (χ3n) is 3.26. The van der Waals surface area contributed by atoms with Gasteiger partial charge in [0.05, 0.1) is 0 Å². The van der Waals surface area contributed by atoms with Crippen molar-refractivity contribution in [3.05, 3.63) is 29.3 Å². The monoisotopic (exact) mass is 350 g/mol. The molecule has 0 unspecified atom stereocenters. The molecule has 1 rings (SSSR count). The number of rotatable bonds is 5. The molecule has 0 aliphatic carbocycles. The summed E-state index contributed by atoms with van der Waals surface area (Å²) >= 11 is 4.82. The van der Waals surface area contributed by atoms with E-state index in [0.717, 1.165) is 11.1 Å². The maximum absolute atomic E-state index is 11.8. The topological polar surface area (TPSA) is 99.3 Å². The van der Waals surface area contributed by atoms with Gasteiger partial charge in [-0.2, -0.15) is 0 Å². The van der Waals surface area contributed by atoms with Crippen molar-refractivity contribution < 1.29 is 14.4 Å². The smallest absolute Gasteiger partial charge is 0.238 e. The fourth-order valence-corrected chi connectivity index (χ4v) is 1.87. The van der Waals surface area contributed by atoms with E-state index >= 15 is 0 Å². The molecule has 0 bridgehead atoms. The molecule has 4 N–H and O–H groups in total. The summed E-state index contributed by atoms with van der Waals surface area (Å²) in [7, 11) is 0. The average Bonchev–Trinajstić information content (AvgIpc) is 2.54. The number of nitrogens with one attached hydrogen (secondary N) is 4. The second-order valence-electron chi connectivity index (χ2n) is 5.25. The molecule has 24 heavy (non-hydrogen) atoms. The van der Waals surface area contributed by atoms with Gasteiger partial charge in [0.1, 0.15) is 0 Å². The number of hydrogen-bond donors (Lipinski definition) is 4. The molecule has 0 radical (unpaired) electrons. The Bertz CT molecular complexity index is 646. The first-order valence-electron chi connectivity index (χ1n) is 7.57. The molecule has 7 nitrogen and oxygen atoms in total.